The zero-order valence-corrected chi connectivity index (χ0v) is 11.1. The largest absolute Gasteiger partial charge is 0.299 e. The van der Waals surface area contributed by atoms with Gasteiger partial charge < -0.3 is 0 Å². The highest BCUT2D eigenvalue weighted by Gasteiger charge is 2.22. The molecule has 18 heavy (non-hydrogen) atoms. The maximum atomic E-state index is 11.6. The number of Topliss-reactive ketones (excluding diaryl/α,β-unsaturated/α-hetero) is 1. The van der Waals surface area contributed by atoms with E-state index < -0.39 is 0 Å². The molecule has 1 unspecified atom stereocenters. The molecule has 4 nitrogen and oxygen atoms in total. The van der Waals surface area contributed by atoms with Crippen LogP contribution in [0.2, 0.25) is 0 Å². The fourth-order valence-electron chi connectivity index (χ4n) is 1.87. The summed E-state index contributed by atoms with van der Waals surface area (Å²) in [6.45, 7) is 4.43. The summed E-state index contributed by atoms with van der Waals surface area (Å²) in [4.78, 5) is 35.3. The zero-order chi connectivity index (χ0) is 13.5. The van der Waals surface area contributed by atoms with Crippen LogP contribution in [0.15, 0.2) is 12.2 Å². The third-order valence-electron chi connectivity index (χ3n) is 3.37. The van der Waals surface area contributed by atoms with Crippen LogP contribution >= 0.6 is 0 Å². The maximum absolute atomic E-state index is 11.6. The molecule has 0 fully saturated rings. The van der Waals surface area contributed by atoms with E-state index in [1.54, 1.807) is 0 Å². The summed E-state index contributed by atoms with van der Waals surface area (Å²) >= 11 is 0. The molecule has 2 amide bonds. The third kappa shape index (κ3) is 4.09. The monoisotopic (exact) mass is 251 g/mol. The van der Waals surface area contributed by atoms with Crippen molar-refractivity contribution >= 4 is 17.6 Å². The number of rotatable bonds is 8. The minimum Gasteiger partial charge on any atom is -0.299 e. The lowest BCUT2D eigenvalue weighted by Gasteiger charge is -2.13. The Morgan fingerprint density at radius 1 is 1.17 bits per heavy atom. The molecule has 0 aromatic rings. The van der Waals surface area contributed by atoms with Gasteiger partial charge in [0.25, 0.3) is 11.8 Å². The summed E-state index contributed by atoms with van der Waals surface area (Å²) in [5.74, 6) is 0.00907. The number of amides is 2. The van der Waals surface area contributed by atoms with E-state index in [0.717, 1.165) is 25.7 Å². The van der Waals surface area contributed by atoms with E-state index in [9.17, 15) is 14.4 Å². The lowest BCUT2D eigenvalue weighted by atomic mass is 9.99. The van der Waals surface area contributed by atoms with E-state index in [1.807, 2.05) is 13.8 Å². The predicted octanol–water partition coefficient (Wildman–Crippen LogP) is 2.09. The molecule has 0 saturated heterocycles. The van der Waals surface area contributed by atoms with Gasteiger partial charge in [0.15, 0.2) is 0 Å². The SMILES string of the molecule is CCC(C)C(=O)CCCCCN1C(=O)C=CC1=O. The van der Waals surface area contributed by atoms with Crippen molar-refractivity contribution in [3.8, 4) is 0 Å². The third-order valence-corrected chi connectivity index (χ3v) is 3.37. The Bertz CT molecular complexity index is 342. The first kappa shape index (κ1) is 14.6. The molecule has 0 spiro atoms. The average Bonchev–Trinajstić information content (AvgIpc) is 2.68. The van der Waals surface area contributed by atoms with E-state index in [1.165, 1.54) is 17.1 Å². The average molecular weight is 251 g/mol. The Morgan fingerprint density at radius 3 is 2.33 bits per heavy atom. The molecule has 0 aliphatic carbocycles. The van der Waals surface area contributed by atoms with E-state index in [-0.39, 0.29) is 17.7 Å². The number of carbonyl (C=O) groups is 3. The van der Waals surface area contributed by atoms with Gasteiger partial charge in [-0.3, -0.25) is 19.3 Å². The summed E-state index contributed by atoms with van der Waals surface area (Å²) in [6.07, 6.45) is 6.58. The minimum atomic E-state index is -0.226. The second-order valence-electron chi connectivity index (χ2n) is 4.75. The fraction of sp³-hybridized carbons (Fsp3) is 0.643. The summed E-state index contributed by atoms with van der Waals surface area (Å²) in [7, 11) is 0. The molecule has 0 aromatic heterocycles. The van der Waals surface area contributed by atoms with Gasteiger partial charge in [0.2, 0.25) is 0 Å². The molecule has 0 saturated carbocycles. The van der Waals surface area contributed by atoms with Crippen LogP contribution < -0.4 is 0 Å². The highest BCUT2D eigenvalue weighted by Crippen LogP contribution is 2.11. The minimum absolute atomic E-state index is 0.149. The van der Waals surface area contributed by atoms with E-state index in [2.05, 4.69) is 0 Å². The number of unbranched alkanes of at least 4 members (excludes halogenated alkanes) is 2. The molecule has 1 aliphatic rings. The molecule has 0 radical (unpaired) electrons. The molecule has 100 valence electrons. The molecule has 1 aliphatic heterocycles. The Hall–Kier alpha value is -1.45. The molecule has 1 heterocycles. The van der Waals surface area contributed by atoms with Gasteiger partial charge in [-0.05, 0) is 19.3 Å². The van der Waals surface area contributed by atoms with Crippen LogP contribution in [0.25, 0.3) is 0 Å². The van der Waals surface area contributed by atoms with Crippen molar-refractivity contribution in [2.75, 3.05) is 6.54 Å². The standard InChI is InChI=1S/C14H21NO3/c1-3-11(2)12(16)7-5-4-6-10-15-13(17)8-9-14(15)18/h8-9,11H,3-7,10H2,1-2H3. The highest BCUT2D eigenvalue weighted by atomic mass is 16.2. The number of nitrogens with zero attached hydrogens (tertiary/aromatic N) is 1. The number of hydrogen-bond donors (Lipinski definition) is 0. The smallest absolute Gasteiger partial charge is 0.253 e. The molecule has 0 N–H and O–H groups in total. The summed E-state index contributed by atoms with van der Waals surface area (Å²) < 4.78 is 0. The quantitative estimate of drug-likeness (QED) is 0.490. The van der Waals surface area contributed by atoms with Crippen LogP contribution in [-0.4, -0.2) is 29.0 Å². The van der Waals surface area contributed by atoms with Gasteiger partial charge in [0.05, 0.1) is 0 Å². The molecule has 1 rings (SSSR count). The molecule has 1 atom stereocenters. The van der Waals surface area contributed by atoms with E-state index in [0.29, 0.717) is 18.7 Å². The van der Waals surface area contributed by atoms with Crippen LogP contribution in [0.5, 0.6) is 0 Å². The number of imide groups is 1. The predicted molar refractivity (Wildman–Crippen MR) is 68.8 cm³/mol. The number of hydrogen-bond acceptors (Lipinski definition) is 3. The Kier molecular flexibility index (Phi) is 5.75. The molecule has 0 aromatic carbocycles. The van der Waals surface area contributed by atoms with Gasteiger partial charge in [0, 0.05) is 31.0 Å². The Morgan fingerprint density at radius 2 is 1.78 bits per heavy atom. The van der Waals surface area contributed by atoms with Gasteiger partial charge in [-0.1, -0.05) is 20.3 Å². The lowest BCUT2D eigenvalue weighted by molar-refractivity contribution is -0.137. The van der Waals surface area contributed by atoms with Gasteiger partial charge in [-0.25, -0.2) is 0 Å². The van der Waals surface area contributed by atoms with Crippen LogP contribution in [0.4, 0.5) is 0 Å². The van der Waals surface area contributed by atoms with Crippen LogP contribution in [-0.2, 0) is 14.4 Å². The summed E-state index contributed by atoms with van der Waals surface area (Å²) in [5.41, 5.74) is 0. The van der Waals surface area contributed by atoms with Crippen molar-refractivity contribution in [1.29, 1.82) is 0 Å². The number of ketones is 1. The highest BCUT2D eigenvalue weighted by molar-refractivity contribution is 6.12. The lowest BCUT2D eigenvalue weighted by Crippen LogP contribution is -2.30. The topological polar surface area (TPSA) is 54.5 Å². The first-order valence-corrected chi connectivity index (χ1v) is 6.62. The first-order chi connectivity index (χ1) is 8.56. The van der Waals surface area contributed by atoms with Crippen LogP contribution in [0.1, 0.15) is 46.0 Å². The van der Waals surface area contributed by atoms with Crippen molar-refractivity contribution in [1.82, 2.24) is 4.90 Å². The Balaban J connectivity index is 2.11. The molecule has 0 bridgehead atoms. The van der Waals surface area contributed by atoms with Gasteiger partial charge >= 0.3 is 0 Å². The summed E-state index contributed by atoms with van der Waals surface area (Å²) in [5, 5.41) is 0. The second-order valence-corrected chi connectivity index (χ2v) is 4.75. The van der Waals surface area contributed by atoms with Crippen LogP contribution in [0.3, 0.4) is 0 Å². The molecular weight excluding hydrogens is 230 g/mol. The van der Waals surface area contributed by atoms with E-state index >= 15 is 0 Å². The second kappa shape index (κ2) is 7.09. The van der Waals surface area contributed by atoms with Crippen LogP contribution in [0, 0.1) is 5.92 Å². The molecular formula is C14H21NO3. The number of carbonyl (C=O) groups excluding carboxylic acids is 3. The first-order valence-electron chi connectivity index (χ1n) is 6.62. The van der Waals surface area contributed by atoms with Crippen molar-refractivity contribution in [3.05, 3.63) is 12.2 Å². The summed E-state index contributed by atoms with van der Waals surface area (Å²) in [6, 6.07) is 0. The van der Waals surface area contributed by atoms with E-state index in [4.69, 9.17) is 0 Å². The van der Waals surface area contributed by atoms with Crippen molar-refractivity contribution < 1.29 is 14.4 Å². The van der Waals surface area contributed by atoms with Gasteiger partial charge in [0.1, 0.15) is 5.78 Å². The normalized spacial score (nSPS) is 16.4. The van der Waals surface area contributed by atoms with Crippen molar-refractivity contribution in [2.24, 2.45) is 5.92 Å². The van der Waals surface area contributed by atoms with Gasteiger partial charge in [-0.2, -0.15) is 0 Å². The van der Waals surface area contributed by atoms with Gasteiger partial charge in [-0.15, -0.1) is 0 Å². The van der Waals surface area contributed by atoms with Crippen molar-refractivity contribution in [3.63, 3.8) is 0 Å². The zero-order valence-electron chi connectivity index (χ0n) is 11.1. The Labute approximate surface area is 108 Å². The fourth-order valence-corrected chi connectivity index (χ4v) is 1.87. The van der Waals surface area contributed by atoms with Crippen molar-refractivity contribution in [2.45, 2.75) is 46.0 Å². The maximum Gasteiger partial charge on any atom is 0.253 e. The molecule has 4 heteroatoms.